The lowest BCUT2D eigenvalue weighted by Crippen LogP contribution is -2.34. The van der Waals surface area contributed by atoms with Gasteiger partial charge in [0.05, 0.1) is 20.3 Å². The quantitative estimate of drug-likeness (QED) is 0.590. The molecule has 2 aliphatic carbocycles. The van der Waals surface area contributed by atoms with Crippen LogP contribution in [0.25, 0.3) is 0 Å². The first-order valence-electron chi connectivity index (χ1n) is 10.2. The molecule has 5 heteroatoms. The first kappa shape index (κ1) is 19.8. The first-order valence-corrected chi connectivity index (χ1v) is 10.2. The van der Waals surface area contributed by atoms with Gasteiger partial charge in [-0.2, -0.15) is 0 Å². The van der Waals surface area contributed by atoms with E-state index in [4.69, 9.17) is 14.2 Å². The van der Waals surface area contributed by atoms with E-state index in [2.05, 4.69) is 6.92 Å². The second-order valence-electron chi connectivity index (χ2n) is 7.96. The zero-order valence-electron chi connectivity index (χ0n) is 16.1. The fraction of sp³-hybridized carbons (Fsp3) is 0.810. The summed E-state index contributed by atoms with van der Waals surface area (Å²) in [6.07, 6.45) is 9.12. The summed E-state index contributed by atoms with van der Waals surface area (Å²) in [6, 6.07) is 0. The second-order valence-corrected chi connectivity index (χ2v) is 7.96. The van der Waals surface area contributed by atoms with Gasteiger partial charge in [0.25, 0.3) is 0 Å². The first-order chi connectivity index (χ1) is 12.6. The summed E-state index contributed by atoms with van der Waals surface area (Å²) in [7, 11) is 1.37. The number of methoxy groups -OCH3 is 1. The molecule has 0 aromatic rings. The van der Waals surface area contributed by atoms with Crippen molar-refractivity contribution in [2.24, 2.45) is 17.8 Å². The van der Waals surface area contributed by atoms with E-state index in [1.807, 2.05) is 0 Å². The number of hydrogen-bond acceptors (Lipinski definition) is 3. The van der Waals surface area contributed by atoms with Crippen molar-refractivity contribution in [2.75, 3.05) is 20.3 Å². The fourth-order valence-corrected chi connectivity index (χ4v) is 4.60. The highest BCUT2D eigenvalue weighted by molar-refractivity contribution is 5.32. The van der Waals surface area contributed by atoms with Crippen LogP contribution < -0.4 is 0 Å². The molecule has 1 heterocycles. The van der Waals surface area contributed by atoms with Gasteiger partial charge >= 0.3 is 0 Å². The molecule has 0 spiro atoms. The van der Waals surface area contributed by atoms with Gasteiger partial charge in [0.1, 0.15) is 5.76 Å². The van der Waals surface area contributed by atoms with Crippen molar-refractivity contribution in [3.8, 4) is 0 Å². The molecule has 0 aromatic carbocycles. The summed E-state index contributed by atoms with van der Waals surface area (Å²) in [5.41, 5.74) is 0.368. The van der Waals surface area contributed by atoms with Crippen molar-refractivity contribution in [1.29, 1.82) is 0 Å². The molecule has 26 heavy (non-hydrogen) atoms. The van der Waals surface area contributed by atoms with Crippen LogP contribution in [-0.4, -0.2) is 26.6 Å². The summed E-state index contributed by atoms with van der Waals surface area (Å²) in [5, 5.41) is 0. The number of rotatable bonds is 6. The van der Waals surface area contributed by atoms with E-state index in [1.54, 1.807) is 0 Å². The molecule has 3 nitrogen and oxygen atoms in total. The Labute approximate surface area is 155 Å². The molecule has 148 valence electrons. The molecular formula is C21H32F2O3. The van der Waals surface area contributed by atoms with Crippen LogP contribution in [0.15, 0.2) is 23.0 Å². The molecular weight excluding hydrogens is 338 g/mol. The van der Waals surface area contributed by atoms with Gasteiger partial charge in [-0.15, -0.1) is 0 Å². The van der Waals surface area contributed by atoms with E-state index in [0.29, 0.717) is 24.3 Å². The molecule has 0 radical (unpaired) electrons. The summed E-state index contributed by atoms with van der Waals surface area (Å²) in [5.74, 6) is 0.699. The minimum absolute atomic E-state index is 0.0841. The summed E-state index contributed by atoms with van der Waals surface area (Å²) >= 11 is 0. The Balaban J connectivity index is 1.42. The topological polar surface area (TPSA) is 27.7 Å². The Hall–Kier alpha value is -0.940. The molecule has 1 saturated heterocycles. The minimum atomic E-state index is -0.885. The molecule has 3 rings (SSSR count). The average Bonchev–Trinajstić information content (AvgIpc) is 2.70. The molecule has 0 amide bonds. The van der Waals surface area contributed by atoms with E-state index >= 15 is 0 Å². The van der Waals surface area contributed by atoms with Gasteiger partial charge in [0.2, 0.25) is 0 Å². The van der Waals surface area contributed by atoms with Crippen molar-refractivity contribution >= 4 is 0 Å². The van der Waals surface area contributed by atoms with Crippen LogP contribution in [0.3, 0.4) is 0 Å². The van der Waals surface area contributed by atoms with Crippen molar-refractivity contribution in [3.05, 3.63) is 23.0 Å². The number of halogens is 2. The molecule has 2 fully saturated rings. The van der Waals surface area contributed by atoms with Gasteiger partial charge in [-0.05, 0) is 55.4 Å². The SMILES string of the molecule is CCC1CCC(C2CCC(OCC3=C(F)C(F)=C(OC)CC3)OC2)CC1. The molecule has 1 aliphatic heterocycles. The van der Waals surface area contributed by atoms with Crippen molar-refractivity contribution in [2.45, 2.75) is 71.0 Å². The van der Waals surface area contributed by atoms with E-state index in [0.717, 1.165) is 31.3 Å². The Morgan fingerprint density at radius 1 is 0.962 bits per heavy atom. The van der Waals surface area contributed by atoms with Crippen LogP contribution >= 0.6 is 0 Å². The lowest BCUT2D eigenvalue weighted by atomic mass is 9.73. The standard InChI is InChI=1S/C21H32F2O3/c1-3-14-4-6-15(7-5-14)16-9-11-19(25-12-16)26-13-17-8-10-18(24-2)21(23)20(17)22/h14-16,19H,3-13H2,1-2H3. The van der Waals surface area contributed by atoms with Gasteiger partial charge in [0.15, 0.2) is 17.9 Å². The Kier molecular flexibility index (Phi) is 7.10. The highest BCUT2D eigenvalue weighted by Crippen LogP contribution is 2.39. The van der Waals surface area contributed by atoms with E-state index in [9.17, 15) is 8.78 Å². The fourth-order valence-electron chi connectivity index (χ4n) is 4.60. The van der Waals surface area contributed by atoms with Gasteiger partial charge in [-0.1, -0.05) is 26.2 Å². The summed E-state index contributed by atoms with van der Waals surface area (Å²) < 4.78 is 44.3. The van der Waals surface area contributed by atoms with Gasteiger partial charge in [0, 0.05) is 6.42 Å². The zero-order valence-corrected chi connectivity index (χ0v) is 16.1. The maximum absolute atomic E-state index is 14.0. The minimum Gasteiger partial charge on any atom is -0.498 e. The second kappa shape index (κ2) is 9.32. The van der Waals surface area contributed by atoms with Gasteiger partial charge < -0.3 is 14.2 Å². The Morgan fingerprint density at radius 3 is 2.31 bits per heavy atom. The third-order valence-electron chi connectivity index (χ3n) is 6.50. The largest absolute Gasteiger partial charge is 0.498 e. The van der Waals surface area contributed by atoms with Crippen LogP contribution in [0.2, 0.25) is 0 Å². The third-order valence-corrected chi connectivity index (χ3v) is 6.50. The monoisotopic (exact) mass is 370 g/mol. The lowest BCUT2D eigenvalue weighted by molar-refractivity contribution is -0.177. The molecule has 2 atom stereocenters. The predicted molar refractivity (Wildman–Crippen MR) is 96.7 cm³/mol. The van der Waals surface area contributed by atoms with E-state index in [1.165, 1.54) is 39.2 Å². The predicted octanol–water partition coefficient (Wildman–Crippen LogP) is 5.82. The Bertz CT molecular complexity index is 527. The molecule has 0 N–H and O–H groups in total. The normalized spacial score (nSPS) is 33.5. The molecule has 2 unspecified atom stereocenters. The number of ether oxygens (including phenoxy) is 3. The van der Waals surface area contributed by atoms with Gasteiger partial charge in [-0.3, -0.25) is 0 Å². The molecule has 0 aromatic heterocycles. The smallest absolute Gasteiger partial charge is 0.196 e. The van der Waals surface area contributed by atoms with Crippen LogP contribution in [0.1, 0.15) is 64.7 Å². The van der Waals surface area contributed by atoms with Crippen molar-refractivity contribution in [3.63, 3.8) is 0 Å². The maximum atomic E-state index is 14.0. The van der Waals surface area contributed by atoms with E-state index in [-0.39, 0.29) is 18.7 Å². The Morgan fingerprint density at radius 2 is 1.69 bits per heavy atom. The van der Waals surface area contributed by atoms with Crippen molar-refractivity contribution < 1.29 is 23.0 Å². The molecule has 0 bridgehead atoms. The third kappa shape index (κ3) is 4.66. The van der Waals surface area contributed by atoms with Crippen LogP contribution in [-0.2, 0) is 14.2 Å². The highest BCUT2D eigenvalue weighted by atomic mass is 19.2. The van der Waals surface area contributed by atoms with E-state index < -0.39 is 11.7 Å². The zero-order chi connectivity index (χ0) is 18.5. The number of allylic oxidation sites excluding steroid dienone is 3. The number of hydrogen-bond donors (Lipinski definition) is 0. The highest BCUT2D eigenvalue weighted by Gasteiger charge is 2.32. The average molecular weight is 370 g/mol. The summed E-state index contributed by atoms with van der Waals surface area (Å²) in [6.45, 7) is 3.11. The molecule has 3 aliphatic rings. The molecule has 1 saturated carbocycles. The summed E-state index contributed by atoms with van der Waals surface area (Å²) in [4.78, 5) is 0. The van der Waals surface area contributed by atoms with Crippen LogP contribution in [0.4, 0.5) is 8.78 Å². The van der Waals surface area contributed by atoms with Crippen molar-refractivity contribution in [1.82, 2.24) is 0 Å². The van der Waals surface area contributed by atoms with Crippen LogP contribution in [0, 0.1) is 17.8 Å². The van der Waals surface area contributed by atoms with Gasteiger partial charge in [-0.25, -0.2) is 8.78 Å². The lowest BCUT2D eigenvalue weighted by Gasteiger charge is -2.37. The van der Waals surface area contributed by atoms with Crippen LogP contribution in [0.5, 0.6) is 0 Å². The maximum Gasteiger partial charge on any atom is 0.196 e.